The van der Waals surface area contributed by atoms with E-state index < -0.39 is 36.3 Å². The number of aliphatic carboxylic acids is 1. The minimum Gasteiger partial charge on any atom is -0.480 e. The molecule has 1 aliphatic rings. The summed E-state index contributed by atoms with van der Waals surface area (Å²) in [5.41, 5.74) is -1.08. The first-order valence-electron chi connectivity index (χ1n) is 6.42. The first-order chi connectivity index (χ1) is 9.79. The summed E-state index contributed by atoms with van der Waals surface area (Å²) < 4.78 is 38.1. The van der Waals surface area contributed by atoms with Crippen LogP contribution in [-0.2, 0) is 22.3 Å². The van der Waals surface area contributed by atoms with Crippen LogP contribution in [0.2, 0.25) is 0 Å². The van der Waals surface area contributed by atoms with Crippen molar-refractivity contribution in [1.82, 2.24) is 14.7 Å². The number of carboxylic acid groups (broad SMARTS) is 1. The molecule has 1 aromatic rings. The van der Waals surface area contributed by atoms with Crippen LogP contribution in [0, 0.1) is 0 Å². The molecule has 0 saturated carbocycles. The first-order valence-corrected chi connectivity index (χ1v) is 6.42. The Kier molecular flexibility index (Phi) is 4.19. The second kappa shape index (κ2) is 5.74. The number of nitrogens with zero attached hydrogens (tertiary/aromatic N) is 3. The fourth-order valence-electron chi connectivity index (χ4n) is 2.32. The molecule has 1 amide bonds. The summed E-state index contributed by atoms with van der Waals surface area (Å²) in [6.07, 6.45) is -1.76. The zero-order chi connectivity index (χ0) is 15.6. The van der Waals surface area contributed by atoms with E-state index in [-0.39, 0.29) is 0 Å². The Balaban J connectivity index is 2.06. The number of piperidine rings is 1. The molecule has 0 bridgehead atoms. The summed E-state index contributed by atoms with van der Waals surface area (Å²) in [6.45, 7) is -0.108. The molecule has 0 spiro atoms. The van der Waals surface area contributed by atoms with E-state index in [1.54, 1.807) is 0 Å². The van der Waals surface area contributed by atoms with Gasteiger partial charge in [-0.1, -0.05) is 0 Å². The van der Waals surface area contributed by atoms with Gasteiger partial charge >= 0.3 is 12.1 Å². The third-order valence-corrected chi connectivity index (χ3v) is 3.34. The van der Waals surface area contributed by atoms with Gasteiger partial charge < -0.3 is 10.0 Å². The van der Waals surface area contributed by atoms with Gasteiger partial charge in [0.25, 0.3) is 0 Å². The van der Waals surface area contributed by atoms with Crippen molar-refractivity contribution in [2.75, 3.05) is 6.54 Å². The smallest absolute Gasteiger partial charge is 0.435 e. The maximum absolute atomic E-state index is 12.4. The first kappa shape index (κ1) is 15.3. The molecule has 1 saturated heterocycles. The van der Waals surface area contributed by atoms with Crippen molar-refractivity contribution in [3.63, 3.8) is 0 Å². The van der Waals surface area contributed by atoms with Gasteiger partial charge in [0.05, 0.1) is 0 Å². The summed E-state index contributed by atoms with van der Waals surface area (Å²) in [5.74, 6) is -1.64. The zero-order valence-corrected chi connectivity index (χ0v) is 11.0. The molecule has 1 N–H and O–H groups in total. The van der Waals surface area contributed by atoms with Crippen molar-refractivity contribution in [2.24, 2.45) is 0 Å². The largest absolute Gasteiger partial charge is 0.480 e. The summed E-state index contributed by atoms with van der Waals surface area (Å²) in [4.78, 5) is 24.3. The molecule has 0 unspecified atom stereocenters. The monoisotopic (exact) mass is 305 g/mol. The van der Waals surface area contributed by atoms with Gasteiger partial charge in [0, 0.05) is 12.7 Å². The number of likely N-dealkylation sites (tertiary alicyclic amines) is 1. The van der Waals surface area contributed by atoms with Gasteiger partial charge in [0.15, 0.2) is 5.69 Å². The molecule has 2 rings (SSSR count). The van der Waals surface area contributed by atoms with E-state index in [1.807, 2.05) is 0 Å². The fourth-order valence-corrected chi connectivity index (χ4v) is 2.32. The molecule has 1 atom stereocenters. The van der Waals surface area contributed by atoms with Crippen LogP contribution >= 0.6 is 0 Å². The van der Waals surface area contributed by atoms with Crippen molar-refractivity contribution in [2.45, 2.75) is 38.0 Å². The molecule has 0 radical (unpaired) electrons. The molecule has 116 valence electrons. The highest BCUT2D eigenvalue weighted by Crippen LogP contribution is 2.27. The topological polar surface area (TPSA) is 75.4 Å². The zero-order valence-electron chi connectivity index (χ0n) is 11.0. The van der Waals surface area contributed by atoms with E-state index in [4.69, 9.17) is 5.11 Å². The molecule has 0 aromatic carbocycles. The lowest BCUT2D eigenvalue weighted by molar-refractivity contribution is -0.152. The van der Waals surface area contributed by atoms with Crippen LogP contribution in [0.1, 0.15) is 25.0 Å². The normalized spacial score (nSPS) is 19.6. The second-order valence-corrected chi connectivity index (χ2v) is 4.83. The van der Waals surface area contributed by atoms with Gasteiger partial charge in [-0.2, -0.15) is 18.3 Å². The van der Waals surface area contributed by atoms with Crippen LogP contribution < -0.4 is 0 Å². The fraction of sp³-hybridized carbons (Fsp3) is 0.583. The minimum atomic E-state index is -4.57. The average Bonchev–Trinajstić information content (AvgIpc) is 2.87. The number of hydrogen-bond donors (Lipinski definition) is 1. The number of halogens is 3. The molecule has 1 aliphatic heterocycles. The number of alkyl halides is 3. The second-order valence-electron chi connectivity index (χ2n) is 4.83. The molecule has 0 aliphatic carbocycles. The summed E-state index contributed by atoms with van der Waals surface area (Å²) in [5, 5.41) is 12.4. The lowest BCUT2D eigenvalue weighted by Gasteiger charge is -2.32. The molecule has 1 fully saturated rings. The van der Waals surface area contributed by atoms with Crippen LogP contribution in [0.4, 0.5) is 13.2 Å². The molecule has 1 aromatic heterocycles. The van der Waals surface area contributed by atoms with E-state index in [0.717, 1.165) is 16.9 Å². The Morgan fingerprint density at radius 3 is 2.67 bits per heavy atom. The third kappa shape index (κ3) is 3.53. The highest BCUT2D eigenvalue weighted by molar-refractivity contribution is 5.83. The van der Waals surface area contributed by atoms with E-state index in [9.17, 15) is 22.8 Å². The van der Waals surface area contributed by atoms with Crippen molar-refractivity contribution in [1.29, 1.82) is 0 Å². The minimum absolute atomic E-state index is 0.295. The Morgan fingerprint density at radius 2 is 2.10 bits per heavy atom. The van der Waals surface area contributed by atoms with Crippen molar-refractivity contribution in [3.05, 3.63) is 18.0 Å². The number of carbonyl (C=O) groups excluding carboxylic acids is 1. The number of aromatic nitrogens is 2. The molecular weight excluding hydrogens is 291 g/mol. The van der Waals surface area contributed by atoms with Crippen LogP contribution in [0.25, 0.3) is 0 Å². The predicted molar refractivity (Wildman–Crippen MR) is 64.2 cm³/mol. The van der Waals surface area contributed by atoms with Crippen molar-refractivity contribution < 1.29 is 27.9 Å². The maximum atomic E-state index is 12.4. The molecular formula is C12H14F3N3O3. The number of amides is 1. The lowest BCUT2D eigenvalue weighted by atomic mass is 10.0. The van der Waals surface area contributed by atoms with Gasteiger partial charge in [-0.05, 0) is 25.3 Å². The van der Waals surface area contributed by atoms with Gasteiger partial charge in [-0.25, -0.2) is 4.79 Å². The maximum Gasteiger partial charge on any atom is 0.435 e. The molecule has 6 nitrogen and oxygen atoms in total. The standard InChI is InChI=1S/C12H14F3N3O3/c13-12(14,15)9-4-6-17(16-9)7-10(19)18-5-2-1-3-8(18)11(20)21/h4,6,8H,1-3,5,7H2,(H,20,21)/t8-/m0/s1. The van der Waals surface area contributed by atoms with Gasteiger partial charge in [-0.15, -0.1) is 0 Å². The van der Waals surface area contributed by atoms with E-state index in [2.05, 4.69) is 5.10 Å². The van der Waals surface area contributed by atoms with E-state index >= 15 is 0 Å². The Bertz CT molecular complexity index is 541. The summed E-state index contributed by atoms with van der Waals surface area (Å²) in [6, 6.07) is -0.137. The quantitative estimate of drug-likeness (QED) is 0.915. The van der Waals surface area contributed by atoms with Crippen LogP contribution in [-0.4, -0.2) is 44.3 Å². The van der Waals surface area contributed by atoms with E-state index in [0.29, 0.717) is 25.8 Å². The Hall–Kier alpha value is -2.06. The Labute approximate surface area is 118 Å². The van der Waals surface area contributed by atoms with Gasteiger partial charge in [0.2, 0.25) is 5.91 Å². The van der Waals surface area contributed by atoms with Crippen LogP contribution in [0.3, 0.4) is 0 Å². The average molecular weight is 305 g/mol. The van der Waals surface area contributed by atoms with Gasteiger partial charge in [-0.3, -0.25) is 9.48 Å². The SMILES string of the molecule is O=C(O)[C@@H]1CCCCN1C(=O)Cn1ccc(C(F)(F)F)n1. The predicted octanol–water partition coefficient (Wildman–Crippen LogP) is 1.37. The highest BCUT2D eigenvalue weighted by atomic mass is 19.4. The molecule has 9 heteroatoms. The molecule has 21 heavy (non-hydrogen) atoms. The lowest BCUT2D eigenvalue weighted by Crippen LogP contribution is -2.49. The van der Waals surface area contributed by atoms with Crippen LogP contribution in [0.15, 0.2) is 12.3 Å². The summed E-state index contributed by atoms with van der Waals surface area (Å²) >= 11 is 0. The highest BCUT2D eigenvalue weighted by Gasteiger charge is 2.35. The Morgan fingerprint density at radius 1 is 1.38 bits per heavy atom. The molecule has 2 heterocycles. The third-order valence-electron chi connectivity index (χ3n) is 3.34. The van der Waals surface area contributed by atoms with Crippen LogP contribution in [0.5, 0.6) is 0 Å². The van der Waals surface area contributed by atoms with E-state index in [1.165, 1.54) is 4.90 Å². The van der Waals surface area contributed by atoms with Gasteiger partial charge in [0.1, 0.15) is 12.6 Å². The van der Waals surface area contributed by atoms with Crippen molar-refractivity contribution in [3.8, 4) is 0 Å². The number of hydrogen-bond acceptors (Lipinski definition) is 3. The summed E-state index contributed by atoms with van der Waals surface area (Å²) in [7, 11) is 0. The van der Waals surface area contributed by atoms with Crippen molar-refractivity contribution >= 4 is 11.9 Å². The number of rotatable bonds is 3. The number of carbonyl (C=O) groups is 2. The number of carboxylic acids is 1.